The van der Waals surface area contributed by atoms with E-state index in [0.717, 1.165) is 11.4 Å². The van der Waals surface area contributed by atoms with Gasteiger partial charge in [-0.2, -0.15) is 0 Å². The first-order valence-electron chi connectivity index (χ1n) is 4.63. The van der Waals surface area contributed by atoms with Gasteiger partial charge in [-0.3, -0.25) is 0 Å². The molecule has 2 rings (SSSR count). The Morgan fingerprint density at radius 1 is 1.47 bits per heavy atom. The van der Waals surface area contributed by atoms with E-state index in [1.807, 2.05) is 18.4 Å². The molecule has 0 amide bonds. The lowest BCUT2D eigenvalue weighted by Gasteiger charge is -1.99. The minimum absolute atomic E-state index is 0.0290. The molecule has 0 aliphatic carbocycles. The fraction of sp³-hybridized carbons (Fsp3) is 0.182. The minimum atomic E-state index is -0.0290. The van der Waals surface area contributed by atoms with Crippen LogP contribution in [0.4, 0.5) is 0 Å². The Balaban J connectivity index is 2.35. The summed E-state index contributed by atoms with van der Waals surface area (Å²) in [5, 5.41) is 8.91. The Morgan fingerprint density at radius 2 is 2.33 bits per heavy atom. The van der Waals surface area contributed by atoms with Gasteiger partial charge in [-0.15, -0.1) is 11.8 Å². The first-order valence-corrected chi connectivity index (χ1v) is 5.85. The molecular weight excluding hydrogens is 208 g/mol. The highest BCUT2D eigenvalue weighted by molar-refractivity contribution is 7.98. The van der Waals surface area contributed by atoms with Gasteiger partial charge in [-0.05, 0) is 18.4 Å². The summed E-state index contributed by atoms with van der Waals surface area (Å²) in [7, 11) is 0. The van der Waals surface area contributed by atoms with Crippen LogP contribution in [0.3, 0.4) is 0 Å². The largest absolute Gasteiger partial charge is 0.390 e. The molecule has 0 spiro atoms. The van der Waals surface area contributed by atoms with Crippen LogP contribution in [0, 0.1) is 0 Å². The quantitative estimate of drug-likeness (QED) is 0.780. The number of nitrogens with zero attached hydrogens (tertiary/aromatic N) is 1. The normalized spacial score (nSPS) is 10.5. The van der Waals surface area contributed by atoms with Crippen LogP contribution >= 0.6 is 11.8 Å². The van der Waals surface area contributed by atoms with Crippen LogP contribution in [0.15, 0.2) is 35.4 Å². The number of hydrogen-bond donors (Lipinski definition) is 2. The van der Waals surface area contributed by atoms with Gasteiger partial charge in [0, 0.05) is 16.7 Å². The molecule has 4 heteroatoms. The second kappa shape index (κ2) is 4.51. The van der Waals surface area contributed by atoms with Crippen molar-refractivity contribution in [3.05, 3.63) is 36.2 Å². The molecule has 2 aromatic rings. The molecular formula is C11H12N2OS. The number of benzene rings is 1. The molecule has 15 heavy (non-hydrogen) atoms. The zero-order valence-corrected chi connectivity index (χ0v) is 9.21. The highest BCUT2D eigenvalue weighted by Crippen LogP contribution is 2.22. The number of aromatic nitrogens is 2. The van der Waals surface area contributed by atoms with Gasteiger partial charge < -0.3 is 10.1 Å². The summed E-state index contributed by atoms with van der Waals surface area (Å²) in [5.41, 5.74) is 1.71. The topological polar surface area (TPSA) is 48.9 Å². The highest BCUT2D eigenvalue weighted by atomic mass is 32.2. The zero-order valence-electron chi connectivity index (χ0n) is 8.40. The molecule has 2 N–H and O–H groups in total. The number of aliphatic hydroxyl groups excluding tert-OH is 1. The van der Waals surface area contributed by atoms with Gasteiger partial charge in [-0.1, -0.05) is 12.1 Å². The Hall–Kier alpha value is -1.26. The summed E-state index contributed by atoms with van der Waals surface area (Å²) in [6.07, 6.45) is 3.77. The maximum Gasteiger partial charge on any atom is 0.137 e. The number of rotatable bonds is 3. The molecule has 0 bridgehead atoms. The lowest BCUT2D eigenvalue weighted by Crippen LogP contribution is -1.83. The van der Waals surface area contributed by atoms with Crippen molar-refractivity contribution in [3.8, 4) is 11.4 Å². The monoisotopic (exact) mass is 220 g/mol. The molecule has 0 radical (unpaired) electrons. The number of imidazole rings is 1. The lowest BCUT2D eigenvalue weighted by atomic mass is 10.2. The van der Waals surface area contributed by atoms with E-state index in [0.29, 0.717) is 5.69 Å². The maximum absolute atomic E-state index is 8.91. The van der Waals surface area contributed by atoms with E-state index < -0.39 is 0 Å². The first-order chi connectivity index (χ1) is 7.33. The Morgan fingerprint density at radius 3 is 3.00 bits per heavy atom. The van der Waals surface area contributed by atoms with E-state index >= 15 is 0 Å². The molecule has 78 valence electrons. The first kappa shape index (κ1) is 10.3. The standard InChI is InChI=1S/C11H12N2OS/c1-15-10-4-2-3-8(5-10)11-12-6-9(7-14)13-11/h2-6,14H,7H2,1H3,(H,12,13). The van der Waals surface area contributed by atoms with Crippen molar-refractivity contribution in [2.75, 3.05) is 6.26 Å². The summed E-state index contributed by atoms with van der Waals surface area (Å²) in [6, 6.07) is 8.14. The third-order valence-corrected chi connectivity index (χ3v) is 2.86. The fourth-order valence-electron chi connectivity index (χ4n) is 1.36. The number of nitrogens with one attached hydrogen (secondary N) is 1. The van der Waals surface area contributed by atoms with Gasteiger partial charge in [0.05, 0.1) is 12.3 Å². The van der Waals surface area contributed by atoms with Gasteiger partial charge in [0.15, 0.2) is 0 Å². The molecule has 0 unspecified atom stereocenters. The van der Waals surface area contributed by atoms with Gasteiger partial charge in [0.1, 0.15) is 5.82 Å². The summed E-state index contributed by atoms with van der Waals surface area (Å²) >= 11 is 1.70. The Labute approximate surface area is 92.6 Å². The van der Waals surface area contributed by atoms with Crippen LogP contribution in [-0.4, -0.2) is 21.3 Å². The molecule has 0 saturated carbocycles. The van der Waals surface area contributed by atoms with E-state index in [1.165, 1.54) is 4.90 Å². The zero-order chi connectivity index (χ0) is 10.7. The highest BCUT2D eigenvalue weighted by Gasteiger charge is 2.03. The predicted octanol–water partition coefficient (Wildman–Crippen LogP) is 2.29. The summed E-state index contributed by atoms with van der Waals surface area (Å²) in [4.78, 5) is 8.51. The molecule has 0 aliphatic heterocycles. The van der Waals surface area contributed by atoms with Gasteiger partial charge in [0.2, 0.25) is 0 Å². The fourth-order valence-corrected chi connectivity index (χ4v) is 1.82. The molecule has 1 heterocycles. The maximum atomic E-state index is 8.91. The van der Waals surface area contributed by atoms with Crippen LogP contribution in [0.25, 0.3) is 11.4 Å². The minimum Gasteiger partial charge on any atom is -0.390 e. The van der Waals surface area contributed by atoms with Crippen molar-refractivity contribution in [1.82, 2.24) is 9.97 Å². The molecule has 0 fully saturated rings. The van der Waals surface area contributed by atoms with Gasteiger partial charge >= 0.3 is 0 Å². The average molecular weight is 220 g/mol. The third kappa shape index (κ3) is 2.22. The number of aromatic amines is 1. The predicted molar refractivity (Wildman–Crippen MR) is 61.7 cm³/mol. The number of aliphatic hydroxyl groups is 1. The SMILES string of the molecule is CSc1cccc(-c2nc(CO)c[nH]2)c1. The Bertz CT molecular complexity index is 453. The van der Waals surface area contributed by atoms with Crippen molar-refractivity contribution in [2.24, 2.45) is 0 Å². The Kier molecular flexibility index (Phi) is 3.08. The van der Waals surface area contributed by atoms with E-state index in [2.05, 4.69) is 22.1 Å². The summed E-state index contributed by atoms with van der Waals surface area (Å²) in [6.45, 7) is -0.0290. The van der Waals surface area contributed by atoms with E-state index in [4.69, 9.17) is 5.11 Å². The smallest absolute Gasteiger partial charge is 0.137 e. The lowest BCUT2D eigenvalue weighted by molar-refractivity contribution is 0.277. The van der Waals surface area contributed by atoms with Crippen LogP contribution < -0.4 is 0 Å². The van der Waals surface area contributed by atoms with Crippen molar-refractivity contribution in [1.29, 1.82) is 0 Å². The van der Waals surface area contributed by atoms with Gasteiger partial charge in [0.25, 0.3) is 0 Å². The van der Waals surface area contributed by atoms with E-state index in [9.17, 15) is 0 Å². The van der Waals surface area contributed by atoms with Crippen molar-refractivity contribution in [3.63, 3.8) is 0 Å². The molecule has 0 saturated heterocycles. The summed E-state index contributed by atoms with van der Waals surface area (Å²) < 4.78 is 0. The van der Waals surface area contributed by atoms with Crippen molar-refractivity contribution < 1.29 is 5.11 Å². The van der Waals surface area contributed by atoms with Gasteiger partial charge in [-0.25, -0.2) is 4.98 Å². The van der Waals surface area contributed by atoms with Crippen LogP contribution in [0.5, 0.6) is 0 Å². The molecule has 3 nitrogen and oxygen atoms in total. The second-order valence-corrected chi connectivity index (χ2v) is 4.01. The van der Waals surface area contributed by atoms with Crippen LogP contribution in [0.2, 0.25) is 0 Å². The van der Waals surface area contributed by atoms with Crippen molar-refractivity contribution in [2.45, 2.75) is 11.5 Å². The van der Waals surface area contributed by atoms with E-state index in [-0.39, 0.29) is 6.61 Å². The number of thioether (sulfide) groups is 1. The van der Waals surface area contributed by atoms with Crippen LogP contribution in [-0.2, 0) is 6.61 Å². The third-order valence-electron chi connectivity index (χ3n) is 2.14. The van der Waals surface area contributed by atoms with Crippen LogP contribution in [0.1, 0.15) is 5.69 Å². The molecule has 1 aromatic carbocycles. The number of hydrogen-bond acceptors (Lipinski definition) is 3. The number of H-pyrrole nitrogens is 1. The van der Waals surface area contributed by atoms with Crippen molar-refractivity contribution >= 4 is 11.8 Å². The average Bonchev–Trinajstić information content (AvgIpc) is 2.78. The van der Waals surface area contributed by atoms with E-state index in [1.54, 1.807) is 18.0 Å². The molecule has 0 atom stereocenters. The summed E-state index contributed by atoms with van der Waals surface area (Å²) in [5.74, 6) is 0.801. The molecule has 0 aliphatic rings. The second-order valence-electron chi connectivity index (χ2n) is 3.13. The molecule has 1 aromatic heterocycles.